The molecule has 7 rings (SSSR count). The highest BCUT2D eigenvalue weighted by Gasteiger charge is 2.42. The van der Waals surface area contributed by atoms with Crippen molar-refractivity contribution < 1.29 is 9.47 Å². The summed E-state index contributed by atoms with van der Waals surface area (Å²) in [5, 5.41) is 6.54. The van der Waals surface area contributed by atoms with Crippen LogP contribution in [-0.4, -0.2) is 0 Å². The third kappa shape index (κ3) is 2.17. The minimum atomic E-state index is 0.0856. The van der Waals surface area contributed by atoms with Crippen LogP contribution in [0.1, 0.15) is 56.6 Å². The number of fused-ring (bicyclic) bond motifs is 4. The lowest BCUT2D eigenvalue weighted by Crippen LogP contribution is -2.36. The van der Waals surface area contributed by atoms with Gasteiger partial charge in [-0.1, -0.05) is 24.3 Å². The number of benzene rings is 4. The Kier molecular flexibility index (Phi) is 3.19. The molecule has 3 heteroatoms. The first-order valence-electron chi connectivity index (χ1n) is 10.9. The third-order valence-corrected chi connectivity index (χ3v) is 7.10. The van der Waals surface area contributed by atoms with Crippen LogP contribution in [-0.2, 0) is 0 Å². The molecule has 0 aromatic heterocycles. The molecule has 3 aliphatic heterocycles. The largest absolute Gasteiger partial charge is 0.457 e. The molecular formula is C28H23NO2. The van der Waals surface area contributed by atoms with Crippen LogP contribution in [0.4, 0.5) is 0 Å². The van der Waals surface area contributed by atoms with E-state index in [0.29, 0.717) is 0 Å². The fraction of sp³-hybridized carbons (Fsp3) is 0.214. The van der Waals surface area contributed by atoms with Gasteiger partial charge >= 0.3 is 0 Å². The highest BCUT2D eigenvalue weighted by Crippen LogP contribution is 2.57. The van der Waals surface area contributed by atoms with Crippen LogP contribution in [0.15, 0.2) is 48.5 Å². The standard InChI is InChI=1S/C28H23NO2/c1-13-9-15(3)22-20(11-13)30-18-7-5-17-6-8-19-26-24(17)25(18)27(22)29-28(26)23-16(4)10-14(2)12-21(23)31-19/h5-12,27-29H,1-4H3/t27-,28-/m0/s1. The lowest BCUT2D eigenvalue weighted by Gasteiger charge is -2.42. The lowest BCUT2D eigenvalue weighted by atomic mass is 9.77. The molecule has 0 spiro atoms. The van der Waals surface area contributed by atoms with Gasteiger partial charge in [0.15, 0.2) is 0 Å². The van der Waals surface area contributed by atoms with Crippen LogP contribution in [0.25, 0.3) is 10.8 Å². The average Bonchev–Trinajstić information content (AvgIpc) is 2.71. The molecule has 0 fully saturated rings. The zero-order valence-electron chi connectivity index (χ0n) is 18.1. The molecule has 3 nitrogen and oxygen atoms in total. The minimum Gasteiger partial charge on any atom is -0.457 e. The third-order valence-electron chi connectivity index (χ3n) is 7.10. The van der Waals surface area contributed by atoms with Crippen molar-refractivity contribution in [2.75, 3.05) is 0 Å². The Morgan fingerprint density at radius 3 is 1.55 bits per heavy atom. The van der Waals surface area contributed by atoms with Crippen molar-refractivity contribution in [3.8, 4) is 23.0 Å². The Labute approximate surface area is 181 Å². The SMILES string of the molecule is Cc1cc(C)c2c(c1)Oc1ccc3ccc4c5c3c1[C@H]2N[C@H]5c1c(C)cc(C)cc1O4. The summed E-state index contributed by atoms with van der Waals surface area (Å²) in [5.74, 6) is 3.82. The summed E-state index contributed by atoms with van der Waals surface area (Å²) in [6, 6.07) is 17.6. The minimum absolute atomic E-state index is 0.0856. The van der Waals surface area contributed by atoms with Crippen molar-refractivity contribution >= 4 is 10.8 Å². The van der Waals surface area contributed by atoms with Crippen molar-refractivity contribution in [1.29, 1.82) is 0 Å². The highest BCUT2D eigenvalue weighted by molar-refractivity contribution is 5.96. The Bertz CT molecular complexity index is 1360. The lowest BCUT2D eigenvalue weighted by molar-refractivity contribution is 0.386. The molecule has 2 atom stereocenters. The van der Waals surface area contributed by atoms with E-state index in [-0.39, 0.29) is 12.1 Å². The topological polar surface area (TPSA) is 30.5 Å². The number of hydrogen-bond acceptors (Lipinski definition) is 3. The van der Waals surface area contributed by atoms with Crippen molar-refractivity contribution in [2.24, 2.45) is 0 Å². The predicted molar refractivity (Wildman–Crippen MR) is 123 cm³/mol. The van der Waals surface area contributed by atoms with Gasteiger partial charge in [-0.3, -0.25) is 5.32 Å². The first-order chi connectivity index (χ1) is 15.0. The Morgan fingerprint density at radius 1 is 0.581 bits per heavy atom. The monoisotopic (exact) mass is 405 g/mol. The maximum Gasteiger partial charge on any atom is 0.133 e. The number of nitrogens with one attached hydrogen (secondary N) is 1. The summed E-state index contributed by atoms with van der Waals surface area (Å²) in [6.45, 7) is 8.65. The highest BCUT2D eigenvalue weighted by atomic mass is 16.5. The first kappa shape index (κ1) is 17.4. The van der Waals surface area contributed by atoms with Crippen molar-refractivity contribution in [2.45, 2.75) is 39.8 Å². The van der Waals surface area contributed by atoms with E-state index in [1.165, 1.54) is 55.3 Å². The van der Waals surface area contributed by atoms with Crippen LogP contribution < -0.4 is 14.8 Å². The summed E-state index contributed by atoms with van der Waals surface area (Å²) in [5.41, 5.74) is 9.96. The van der Waals surface area contributed by atoms with E-state index in [0.717, 1.165) is 23.0 Å². The zero-order chi connectivity index (χ0) is 21.0. The van der Waals surface area contributed by atoms with Crippen LogP contribution in [0.2, 0.25) is 0 Å². The maximum absolute atomic E-state index is 6.46. The van der Waals surface area contributed by atoms with Gasteiger partial charge < -0.3 is 9.47 Å². The molecule has 3 aliphatic rings. The van der Waals surface area contributed by atoms with Gasteiger partial charge in [0.05, 0.1) is 12.1 Å². The van der Waals surface area contributed by atoms with Gasteiger partial charge in [0, 0.05) is 22.3 Å². The van der Waals surface area contributed by atoms with E-state index in [9.17, 15) is 0 Å². The number of ether oxygens (including phenoxy) is 2. The predicted octanol–water partition coefficient (Wildman–Crippen LogP) is 7.07. The molecule has 152 valence electrons. The van der Waals surface area contributed by atoms with Gasteiger partial charge in [0.1, 0.15) is 23.0 Å². The summed E-state index contributed by atoms with van der Waals surface area (Å²) >= 11 is 0. The summed E-state index contributed by atoms with van der Waals surface area (Å²) < 4.78 is 12.9. The quantitative estimate of drug-likeness (QED) is 0.339. The number of rotatable bonds is 0. The van der Waals surface area contributed by atoms with E-state index in [4.69, 9.17) is 9.47 Å². The van der Waals surface area contributed by atoms with E-state index in [2.05, 4.69) is 81.5 Å². The van der Waals surface area contributed by atoms with E-state index in [1.54, 1.807) is 0 Å². The normalized spacial score (nSPS) is 19.4. The van der Waals surface area contributed by atoms with E-state index in [1.807, 2.05) is 0 Å². The van der Waals surface area contributed by atoms with E-state index < -0.39 is 0 Å². The summed E-state index contributed by atoms with van der Waals surface area (Å²) in [6.07, 6.45) is 0. The smallest absolute Gasteiger partial charge is 0.133 e. The van der Waals surface area contributed by atoms with Crippen LogP contribution in [0.5, 0.6) is 23.0 Å². The van der Waals surface area contributed by atoms with Crippen molar-refractivity contribution in [3.63, 3.8) is 0 Å². The molecule has 0 saturated carbocycles. The van der Waals surface area contributed by atoms with Gasteiger partial charge in [-0.2, -0.15) is 0 Å². The Hall–Kier alpha value is -3.30. The summed E-state index contributed by atoms with van der Waals surface area (Å²) in [7, 11) is 0. The molecule has 0 amide bonds. The van der Waals surface area contributed by atoms with E-state index >= 15 is 0 Å². The molecular weight excluding hydrogens is 382 g/mol. The van der Waals surface area contributed by atoms with Gasteiger partial charge in [0.2, 0.25) is 0 Å². The molecule has 0 radical (unpaired) electrons. The molecule has 1 N–H and O–H groups in total. The van der Waals surface area contributed by atoms with Crippen LogP contribution in [0.3, 0.4) is 0 Å². The Morgan fingerprint density at radius 2 is 1.06 bits per heavy atom. The van der Waals surface area contributed by atoms with Crippen molar-refractivity contribution in [1.82, 2.24) is 5.32 Å². The van der Waals surface area contributed by atoms with Gasteiger partial charge in [-0.05, 0) is 85.0 Å². The van der Waals surface area contributed by atoms with Gasteiger partial charge in [-0.25, -0.2) is 0 Å². The second kappa shape index (κ2) is 5.68. The van der Waals surface area contributed by atoms with Gasteiger partial charge in [0.25, 0.3) is 0 Å². The molecule has 0 saturated heterocycles. The molecule has 0 aliphatic carbocycles. The fourth-order valence-electron chi connectivity index (χ4n) is 6.00. The second-order valence-corrected chi connectivity index (χ2v) is 9.28. The second-order valence-electron chi connectivity index (χ2n) is 9.28. The molecule has 0 unspecified atom stereocenters. The zero-order valence-corrected chi connectivity index (χ0v) is 18.1. The average molecular weight is 405 g/mol. The summed E-state index contributed by atoms with van der Waals surface area (Å²) in [4.78, 5) is 0. The molecule has 0 bridgehead atoms. The number of hydrogen-bond donors (Lipinski definition) is 1. The maximum atomic E-state index is 6.46. The number of aryl methyl sites for hydroxylation is 4. The van der Waals surface area contributed by atoms with Crippen LogP contribution >= 0.6 is 0 Å². The molecule has 4 aromatic rings. The first-order valence-corrected chi connectivity index (χ1v) is 10.9. The molecule has 31 heavy (non-hydrogen) atoms. The van der Waals surface area contributed by atoms with Crippen molar-refractivity contribution in [3.05, 3.63) is 93.0 Å². The van der Waals surface area contributed by atoms with Gasteiger partial charge in [-0.15, -0.1) is 0 Å². The molecule has 3 heterocycles. The van der Waals surface area contributed by atoms with Crippen LogP contribution in [0, 0.1) is 27.7 Å². The Balaban J connectivity index is 1.60. The molecule has 4 aromatic carbocycles. The fourth-order valence-corrected chi connectivity index (χ4v) is 6.00.